The van der Waals surface area contributed by atoms with Crippen molar-refractivity contribution in [2.45, 2.75) is 79.6 Å². The van der Waals surface area contributed by atoms with E-state index in [1.54, 1.807) is 0 Å². The van der Waals surface area contributed by atoms with Crippen molar-refractivity contribution >= 4 is 0 Å². The molecule has 0 saturated heterocycles. The first-order valence-corrected chi connectivity index (χ1v) is 7.13. The fourth-order valence-electron chi connectivity index (χ4n) is 2.76. The maximum absolute atomic E-state index is 2.36. The molecule has 0 aliphatic carbocycles. The van der Waals surface area contributed by atoms with Gasteiger partial charge in [0.1, 0.15) is 0 Å². The van der Waals surface area contributed by atoms with Crippen LogP contribution >= 0.6 is 0 Å². The molecule has 0 radical (unpaired) electrons. The standard InChI is InChI=1S/C15H32/c1-6-9-15(10-7-2)12-14(8-3)11-13(4)5/h13-15H,6-12H2,1-5H3. The van der Waals surface area contributed by atoms with Crippen molar-refractivity contribution in [3.63, 3.8) is 0 Å². The van der Waals surface area contributed by atoms with E-state index < -0.39 is 0 Å². The average Bonchev–Trinajstić information content (AvgIpc) is 2.16. The van der Waals surface area contributed by atoms with Gasteiger partial charge >= 0.3 is 0 Å². The molecule has 0 spiro atoms. The summed E-state index contributed by atoms with van der Waals surface area (Å²) in [6.45, 7) is 11.7. The van der Waals surface area contributed by atoms with Gasteiger partial charge in [-0.25, -0.2) is 0 Å². The second-order valence-electron chi connectivity index (χ2n) is 5.58. The third-order valence-electron chi connectivity index (χ3n) is 3.44. The fraction of sp³-hybridized carbons (Fsp3) is 1.00. The summed E-state index contributed by atoms with van der Waals surface area (Å²) in [4.78, 5) is 0. The smallest absolute Gasteiger partial charge is 0.0412 e. The Balaban J connectivity index is 3.96. The normalized spacial score (nSPS) is 13.8. The minimum atomic E-state index is 0.874. The van der Waals surface area contributed by atoms with E-state index in [1.807, 2.05) is 0 Å². The van der Waals surface area contributed by atoms with Crippen LogP contribution in [-0.4, -0.2) is 0 Å². The molecule has 0 amide bonds. The lowest BCUT2D eigenvalue weighted by molar-refractivity contribution is 0.288. The van der Waals surface area contributed by atoms with Crippen LogP contribution < -0.4 is 0 Å². The molecular formula is C15H32. The van der Waals surface area contributed by atoms with Gasteiger partial charge in [-0.15, -0.1) is 0 Å². The average molecular weight is 212 g/mol. The van der Waals surface area contributed by atoms with Crippen LogP contribution in [0.5, 0.6) is 0 Å². The van der Waals surface area contributed by atoms with Crippen LogP contribution in [0.4, 0.5) is 0 Å². The molecule has 0 aromatic rings. The highest BCUT2D eigenvalue weighted by Gasteiger charge is 2.15. The van der Waals surface area contributed by atoms with Crippen LogP contribution in [-0.2, 0) is 0 Å². The summed E-state index contributed by atoms with van der Waals surface area (Å²) in [5.74, 6) is 2.86. The second kappa shape index (κ2) is 9.24. The van der Waals surface area contributed by atoms with Crippen molar-refractivity contribution in [1.29, 1.82) is 0 Å². The lowest BCUT2D eigenvalue weighted by Gasteiger charge is -2.23. The van der Waals surface area contributed by atoms with Gasteiger partial charge in [0.2, 0.25) is 0 Å². The van der Waals surface area contributed by atoms with E-state index in [9.17, 15) is 0 Å². The first kappa shape index (κ1) is 15.0. The van der Waals surface area contributed by atoms with Crippen molar-refractivity contribution in [2.24, 2.45) is 17.8 Å². The molecule has 1 atom stereocenters. The Hall–Kier alpha value is 0. The van der Waals surface area contributed by atoms with Crippen molar-refractivity contribution in [1.82, 2.24) is 0 Å². The van der Waals surface area contributed by atoms with Gasteiger partial charge in [0.05, 0.1) is 0 Å². The van der Waals surface area contributed by atoms with Crippen LogP contribution in [0.2, 0.25) is 0 Å². The third-order valence-corrected chi connectivity index (χ3v) is 3.44. The molecule has 0 bridgehead atoms. The van der Waals surface area contributed by atoms with Crippen molar-refractivity contribution < 1.29 is 0 Å². The predicted molar refractivity (Wildman–Crippen MR) is 71.2 cm³/mol. The van der Waals surface area contributed by atoms with Crippen LogP contribution in [0.15, 0.2) is 0 Å². The lowest BCUT2D eigenvalue weighted by Crippen LogP contribution is -2.11. The number of hydrogen-bond donors (Lipinski definition) is 0. The van der Waals surface area contributed by atoms with Crippen molar-refractivity contribution in [2.75, 3.05) is 0 Å². The van der Waals surface area contributed by atoms with E-state index >= 15 is 0 Å². The highest BCUT2D eigenvalue weighted by Crippen LogP contribution is 2.28. The Morgan fingerprint density at radius 1 is 0.733 bits per heavy atom. The molecule has 0 heterocycles. The fourth-order valence-corrected chi connectivity index (χ4v) is 2.76. The molecule has 92 valence electrons. The van der Waals surface area contributed by atoms with Gasteiger partial charge in [0.25, 0.3) is 0 Å². The minimum absolute atomic E-state index is 0.874. The van der Waals surface area contributed by atoms with E-state index in [0.29, 0.717) is 0 Å². The Bertz CT molecular complexity index is 120. The van der Waals surface area contributed by atoms with Gasteiger partial charge in [-0.05, 0) is 30.6 Å². The lowest BCUT2D eigenvalue weighted by atomic mass is 9.83. The summed E-state index contributed by atoms with van der Waals surface area (Å²) in [7, 11) is 0. The quantitative estimate of drug-likeness (QED) is 0.462. The molecule has 0 N–H and O–H groups in total. The van der Waals surface area contributed by atoms with E-state index in [-0.39, 0.29) is 0 Å². The van der Waals surface area contributed by atoms with Gasteiger partial charge < -0.3 is 0 Å². The Morgan fingerprint density at radius 2 is 1.27 bits per heavy atom. The molecule has 0 aromatic carbocycles. The largest absolute Gasteiger partial charge is 0.0654 e. The molecule has 1 unspecified atom stereocenters. The molecule has 0 saturated carbocycles. The summed E-state index contributed by atoms with van der Waals surface area (Å²) >= 11 is 0. The minimum Gasteiger partial charge on any atom is -0.0654 e. The van der Waals surface area contributed by atoms with Crippen LogP contribution in [0, 0.1) is 17.8 Å². The molecule has 0 fully saturated rings. The number of hydrogen-bond acceptors (Lipinski definition) is 0. The highest BCUT2D eigenvalue weighted by molar-refractivity contribution is 4.67. The van der Waals surface area contributed by atoms with Gasteiger partial charge in [-0.2, -0.15) is 0 Å². The Morgan fingerprint density at radius 3 is 1.60 bits per heavy atom. The van der Waals surface area contributed by atoms with E-state index in [0.717, 1.165) is 17.8 Å². The van der Waals surface area contributed by atoms with Gasteiger partial charge in [-0.3, -0.25) is 0 Å². The molecule has 0 aliphatic rings. The summed E-state index contributed by atoms with van der Waals surface area (Å²) in [6, 6.07) is 0. The topological polar surface area (TPSA) is 0 Å². The van der Waals surface area contributed by atoms with E-state index in [2.05, 4.69) is 34.6 Å². The first-order valence-electron chi connectivity index (χ1n) is 7.13. The molecule has 0 aliphatic heterocycles. The van der Waals surface area contributed by atoms with Crippen LogP contribution in [0.1, 0.15) is 79.6 Å². The van der Waals surface area contributed by atoms with Gasteiger partial charge in [0.15, 0.2) is 0 Å². The second-order valence-corrected chi connectivity index (χ2v) is 5.58. The number of rotatable bonds is 9. The predicted octanol–water partition coefficient (Wildman–Crippen LogP) is 5.67. The van der Waals surface area contributed by atoms with Crippen molar-refractivity contribution in [3.8, 4) is 0 Å². The molecular weight excluding hydrogens is 180 g/mol. The van der Waals surface area contributed by atoms with E-state index in [4.69, 9.17) is 0 Å². The SMILES string of the molecule is CCCC(CCC)CC(CC)CC(C)C. The Kier molecular flexibility index (Phi) is 9.24. The first-order chi connectivity index (χ1) is 7.13. The maximum atomic E-state index is 2.36. The van der Waals surface area contributed by atoms with Crippen LogP contribution in [0.3, 0.4) is 0 Å². The molecule has 15 heavy (non-hydrogen) atoms. The van der Waals surface area contributed by atoms with Gasteiger partial charge in [0, 0.05) is 0 Å². The van der Waals surface area contributed by atoms with Crippen molar-refractivity contribution in [3.05, 3.63) is 0 Å². The molecule has 0 aromatic heterocycles. The monoisotopic (exact) mass is 212 g/mol. The zero-order valence-corrected chi connectivity index (χ0v) is 11.7. The summed E-state index contributed by atoms with van der Waals surface area (Å²) < 4.78 is 0. The summed E-state index contributed by atoms with van der Waals surface area (Å²) in [6.07, 6.45) is 9.91. The Labute approximate surface area is 97.8 Å². The van der Waals surface area contributed by atoms with E-state index in [1.165, 1.54) is 44.9 Å². The maximum Gasteiger partial charge on any atom is -0.0412 e. The van der Waals surface area contributed by atoms with Gasteiger partial charge in [-0.1, -0.05) is 66.7 Å². The third kappa shape index (κ3) is 7.88. The zero-order valence-electron chi connectivity index (χ0n) is 11.7. The zero-order chi connectivity index (χ0) is 11.7. The summed E-state index contributed by atoms with van der Waals surface area (Å²) in [5, 5.41) is 0. The highest BCUT2D eigenvalue weighted by atomic mass is 14.2. The van der Waals surface area contributed by atoms with Crippen LogP contribution in [0.25, 0.3) is 0 Å². The summed E-state index contributed by atoms with van der Waals surface area (Å²) in [5.41, 5.74) is 0. The molecule has 0 rings (SSSR count). The molecule has 0 heteroatoms. The molecule has 0 nitrogen and oxygen atoms in total.